The van der Waals surface area contributed by atoms with Gasteiger partial charge in [0, 0.05) is 12.6 Å². The van der Waals surface area contributed by atoms with E-state index in [2.05, 4.69) is 67.7 Å². The van der Waals surface area contributed by atoms with Crippen molar-refractivity contribution in [2.45, 2.75) is 38.5 Å². The molecular formula is C26H31NO2. The summed E-state index contributed by atoms with van der Waals surface area (Å²) in [5.74, 6) is 0. The average Bonchev–Trinajstić information content (AvgIpc) is 2.79. The molecule has 3 aromatic rings. The van der Waals surface area contributed by atoms with Gasteiger partial charge < -0.3 is 15.2 Å². The maximum Gasteiger partial charge on any atom is 0.108 e. The summed E-state index contributed by atoms with van der Waals surface area (Å²) in [7, 11) is 0. The number of hydrogen-bond donors (Lipinski definition) is 2. The fourth-order valence-corrected chi connectivity index (χ4v) is 3.38. The second kappa shape index (κ2) is 10.9. The lowest BCUT2D eigenvalue weighted by Gasteiger charge is -2.22. The third kappa shape index (κ3) is 6.26. The van der Waals surface area contributed by atoms with Crippen molar-refractivity contribution in [1.82, 2.24) is 5.32 Å². The summed E-state index contributed by atoms with van der Waals surface area (Å²) in [6.07, 6.45) is 0.274. The summed E-state index contributed by atoms with van der Waals surface area (Å²) in [5.41, 5.74) is 4.73. The Kier molecular flexibility index (Phi) is 8.00. The minimum Gasteiger partial charge on any atom is -0.389 e. The minimum atomic E-state index is -0.581. The normalized spacial score (nSPS) is 13.4. The zero-order valence-electron chi connectivity index (χ0n) is 17.3. The van der Waals surface area contributed by atoms with Gasteiger partial charge in [0.1, 0.15) is 6.10 Å². The van der Waals surface area contributed by atoms with Crippen molar-refractivity contribution in [2.75, 3.05) is 13.2 Å². The van der Waals surface area contributed by atoms with E-state index in [0.29, 0.717) is 6.54 Å². The Morgan fingerprint density at radius 2 is 1.34 bits per heavy atom. The summed E-state index contributed by atoms with van der Waals surface area (Å²) in [5, 5.41) is 13.9. The van der Waals surface area contributed by atoms with Gasteiger partial charge in [0.05, 0.1) is 12.7 Å². The summed E-state index contributed by atoms with van der Waals surface area (Å²) < 4.78 is 6.15. The molecule has 0 radical (unpaired) electrons. The number of ether oxygens (including phenoxy) is 1. The van der Waals surface area contributed by atoms with Crippen LogP contribution in [-0.4, -0.2) is 24.4 Å². The third-order valence-electron chi connectivity index (χ3n) is 5.21. The Morgan fingerprint density at radius 3 is 1.86 bits per heavy atom. The molecule has 3 rings (SSSR count). The van der Waals surface area contributed by atoms with Crippen LogP contribution in [0.4, 0.5) is 0 Å². The van der Waals surface area contributed by atoms with Crippen molar-refractivity contribution < 1.29 is 9.84 Å². The lowest BCUT2D eigenvalue weighted by Crippen LogP contribution is -2.32. The molecule has 0 aliphatic heterocycles. The van der Waals surface area contributed by atoms with E-state index in [9.17, 15) is 5.11 Å². The summed E-state index contributed by atoms with van der Waals surface area (Å²) in [4.78, 5) is 0. The number of aliphatic hydroxyl groups is 1. The molecule has 3 nitrogen and oxygen atoms in total. The minimum absolute atomic E-state index is 0.176. The van der Waals surface area contributed by atoms with E-state index in [4.69, 9.17) is 4.74 Å². The third-order valence-corrected chi connectivity index (χ3v) is 5.21. The Bertz CT molecular complexity index is 794. The van der Waals surface area contributed by atoms with Gasteiger partial charge in [-0.05, 0) is 35.6 Å². The summed E-state index contributed by atoms with van der Waals surface area (Å²) in [6, 6.07) is 29.1. The predicted molar refractivity (Wildman–Crippen MR) is 119 cm³/mol. The van der Waals surface area contributed by atoms with E-state index >= 15 is 0 Å². The van der Waals surface area contributed by atoms with E-state index in [0.717, 1.165) is 17.5 Å². The topological polar surface area (TPSA) is 41.5 Å². The lowest BCUT2D eigenvalue weighted by molar-refractivity contribution is 0.00578. The molecule has 29 heavy (non-hydrogen) atoms. The predicted octanol–water partition coefficient (Wildman–Crippen LogP) is 5.07. The first-order valence-corrected chi connectivity index (χ1v) is 10.4. The Labute approximate surface area is 174 Å². The molecule has 0 fully saturated rings. The molecule has 152 valence electrons. The van der Waals surface area contributed by atoms with Gasteiger partial charge in [0.15, 0.2) is 0 Å². The van der Waals surface area contributed by atoms with Gasteiger partial charge in [0.25, 0.3) is 0 Å². The molecule has 0 aliphatic carbocycles. The van der Waals surface area contributed by atoms with E-state index in [-0.39, 0.29) is 18.8 Å². The molecule has 0 saturated carbocycles. The Morgan fingerprint density at radius 1 is 0.793 bits per heavy atom. The first-order valence-electron chi connectivity index (χ1n) is 10.4. The van der Waals surface area contributed by atoms with E-state index < -0.39 is 6.10 Å². The molecule has 0 bridgehead atoms. The highest BCUT2D eigenvalue weighted by molar-refractivity contribution is 5.30. The molecule has 0 heterocycles. The van der Waals surface area contributed by atoms with Gasteiger partial charge in [-0.2, -0.15) is 0 Å². The fourth-order valence-electron chi connectivity index (χ4n) is 3.38. The molecule has 0 spiro atoms. The zero-order chi connectivity index (χ0) is 20.5. The molecule has 2 N–H and O–H groups in total. The SMILES string of the molecule is CCc1ccc(C(C)NCC(O)COC(c2ccccc2)c2ccccc2)cc1. The number of hydrogen-bond acceptors (Lipinski definition) is 3. The average molecular weight is 390 g/mol. The van der Waals surface area contributed by atoms with Crippen LogP contribution in [0.15, 0.2) is 84.9 Å². The van der Waals surface area contributed by atoms with Gasteiger partial charge in [-0.25, -0.2) is 0 Å². The maximum absolute atomic E-state index is 10.5. The fraction of sp³-hybridized carbons (Fsp3) is 0.308. The number of benzene rings is 3. The molecule has 0 saturated heterocycles. The van der Waals surface area contributed by atoms with Crippen molar-refractivity contribution in [3.8, 4) is 0 Å². The summed E-state index contributed by atoms with van der Waals surface area (Å²) in [6.45, 7) is 5.02. The molecule has 2 unspecified atom stereocenters. The Hall–Kier alpha value is -2.46. The monoisotopic (exact) mass is 389 g/mol. The largest absolute Gasteiger partial charge is 0.389 e. The van der Waals surface area contributed by atoms with Crippen molar-refractivity contribution in [3.05, 3.63) is 107 Å². The Balaban J connectivity index is 1.55. The van der Waals surface area contributed by atoms with Crippen molar-refractivity contribution in [3.63, 3.8) is 0 Å². The first kappa shape index (κ1) is 21.3. The standard InChI is InChI=1S/C26H31NO2/c1-3-21-14-16-22(17-15-21)20(2)27-18-25(28)19-29-26(23-10-6-4-7-11-23)24-12-8-5-9-13-24/h4-17,20,25-28H,3,18-19H2,1-2H3. The molecule has 0 aliphatic rings. The number of rotatable bonds is 10. The van der Waals surface area contributed by atoms with E-state index in [1.807, 2.05) is 36.4 Å². The highest BCUT2D eigenvalue weighted by atomic mass is 16.5. The zero-order valence-corrected chi connectivity index (χ0v) is 17.3. The second-order valence-corrected chi connectivity index (χ2v) is 7.41. The maximum atomic E-state index is 10.5. The lowest BCUT2D eigenvalue weighted by atomic mass is 10.0. The number of aliphatic hydroxyl groups excluding tert-OH is 1. The van der Waals surface area contributed by atoms with Crippen LogP contribution in [0, 0.1) is 0 Å². The van der Waals surface area contributed by atoms with Gasteiger partial charge in [-0.15, -0.1) is 0 Å². The second-order valence-electron chi connectivity index (χ2n) is 7.41. The van der Waals surface area contributed by atoms with Gasteiger partial charge in [0.2, 0.25) is 0 Å². The van der Waals surface area contributed by atoms with Crippen molar-refractivity contribution in [2.24, 2.45) is 0 Å². The molecule has 3 heteroatoms. The summed E-state index contributed by atoms with van der Waals surface area (Å²) >= 11 is 0. The molecular weight excluding hydrogens is 358 g/mol. The van der Waals surface area contributed by atoms with Crippen LogP contribution in [0.3, 0.4) is 0 Å². The van der Waals surface area contributed by atoms with Crippen LogP contribution >= 0.6 is 0 Å². The van der Waals surface area contributed by atoms with Crippen LogP contribution in [0.5, 0.6) is 0 Å². The highest BCUT2D eigenvalue weighted by Gasteiger charge is 2.17. The van der Waals surface area contributed by atoms with Crippen LogP contribution in [0.25, 0.3) is 0 Å². The molecule has 2 atom stereocenters. The number of aryl methyl sites for hydroxylation is 1. The van der Waals surface area contributed by atoms with Crippen LogP contribution < -0.4 is 5.32 Å². The highest BCUT2D eigenvalue weighted by Crippen LogP contribution is 2.26. The first-order chi connectivity index (χ1) is 14.2. The van der Waals surface area contributed by atoms with Gasteiger partial charge in [-0.3, -0.25) is 0 Å². The van der Waals surface area contributed by atoms with Crippen molar-refractivity contribution in [1.29, 1.82) is 0 Å². The van der Waals surface area contributed by atoms with Gasteiger partial charge >= 0.3 is 0 Å². The molecule has 3 aromatic carbocycles. The van der Waals surface area contributed by atoms with E-state index in [1.165, 1.54) is 11.1 Å². The number of nitrogens with one attached hydrogen (secondary N) is 1. The smallest absolute Gasteiger partial charge is 0.108 e. The van der Waals surface area contributed by atoms with Gasteiger partial charge in [-0.1, -0.05) is 91.9 Å². The van der Waals surface area contributed by atoms with E-state index in [1.54, 1.807) is 0 Å². The quantitative estimate of drug-likeness (QED) is 0.509. The van der Waals surface area contributed by atoms with Crippen LogP contribution in [0.1, 0.15) is 48.2 Å². The molecule has 0 amide bonds. The molecule has 0 aromatic heterocycles. The van der Waals surface area contributed by atoms with Crippen LogP contribution in [0.2, 0.25) is 0 Å². The van der Waals surface area contributed by atoms with Crippen molar-refractivity contribution >= 4 is 0 Å². The van der Waals surface area contributed by atoms with Crippen LogP contribution in [-0.2, 0) is 11.2 Å².